The summed E-state index contributed by atoms with van der Waals surface area (Å²) in [5.74, 6) is 0.264. The first kappa shape index (κ1) is 6.98. The van der Waals surface area contributed by atoms with Gasteiger partial charge in [0.25, 0.3) is 6.43 Å². The van der Waals surface area contributed by atoms with E-state index in [9.17, 15) is 8.78 Å². The molecule has 0 saturated carbocycles. The van der Waals surface area contributed by atoms with Crippen LogP contribution in [0.1, 0.15) is 0 Å². The molecule has 0 fully saturated rings. The van der Waals surface area contributed by atoms with Crippen molar-refractivity contribution in [1.82, 2.24) is 9.55 Å². The number of aromatic nitrogens is 2. The average molecular weight is 147 g/mol. The van der Waals surface area contributed by atoms with Crippen LogP contribution < -0.4 is 5.73 Å². The van der Waals surface area contributed by atoms with E-state index in [0.717, 1.165) is 0 Å². The molecule has 1 rings (SSSR count). The standard InChI is InChI=1S/C5H7F2N3/c6-4(7)1-10-2-5(8)9-3-10/h2-4H,1,8H2. The molecule has 0 amide bonds. The van der Waals surface area contributed by atoms with E-state index in [4.69, 9.17) is 5.73 Å². The first-order chi connectivity index (χ1) is 4.68. The maximum atomic E-state index is 11.6. The molecule has 0 radical (unpaired) electrons. The minimum absolute atomic E-state index is 0.264. The zero-order chi connectivity index (χ0) is 7.56. The summed E-state index contributed by atoms with van der Waals surface area (Å²) in [6.45, 7) is -0.343. The van der Waals surface area contributed by atoms with Gasteiger partial charge in [-0.15, -0.1) is 0 Å². The van der Waals surface area contributed by atoms with Crippen LogP contribution in [-0.2, 0) is 6.54 Å². The van der Waals surface area contributed by atoms with Crippen molar-refractivity contribution < 1.29 is 8.78 Å². The number of nitrogens with two attached hydrogens (primary N) is 1. The Hall–Kier alpha value is -1.13. The van der Waals surface area contributed by atoms with E-state index in [1.165, 1.54) is 17.1 Å². The molecular formula is C5H7F2N3. The van der Waals surface area contributed by atoms with E-state index in [2.05, 4.69) is 4.98 Å². The Bertz CT molecular complexity index is 208. The average Bonchev–Trinajstić information content (AvgIpc) is 2.13. The number of hydrogen-bond donors (Lipinski definition) is 1. The molecule has 5 heteroatoms. The van der Waals surface area contributed by atoms with Gasteiger partial charge < -0.3 is 10.3 Å². The molecule has 56 valence electrons. The second kappa shape index (κ2) is 2.64. The van der Waals surface area contributed by atoms with Crippen molar-refractivity contribution in [1.29, 1.82) is 0 Å². The van der Waals surface area contributed by atoms with Crippen LogP contribution in [-0.4, -0.2) is 16.0 Å². The van der Waals surface area contributed by atoms with Crippen LogP contribution in [0.25, 0.3) is 0 Å². The first-order valence-electron chi connectivity index (χ1n) is 2.74. The summed E-state index contributed by atoms with van der Waals surface area (Å²) < 4.78 is 24.5. The highest BCUT2D eigenvalue weighted by molar-refractivity contribution is 5.22. The van der Waals surface area contributed by atoms with Crippen LogP contribution in [0.3, 0.4) is 0 Å². The largest absolute Gasteiger partial charge is 0.382 e. The van der Waals surface area contributed by atoms with Crippen LogP contribution in [0.5, 0.6) is 0 Å². The molecule has 1 aromatic rings. The van der Waals surface area contributed by atoms with E-state index in [0.29, 0.717) is 0 Å². The fourth-order valence-electron chi connectivity index (χ4n) is 0.637. The van der Waals surface area contributed by atoms with Crippen LogP contribution in [0.15, 0.2) is 12.5 Å². The fraction of sp³-hybridized carbons (Fsp3) is 0.400. The second-order valence-electron chi connectivity index (χ2n) is 1.89. The Morgan fingerprint density at radius 3 is 2.80 bits per heavy atom. The van der Waals surface area contributed by atoms with E-state index in [-0.39, 0.29) is 12.4 Å². The van der Waals surface area contributed by atoms with Gasteiger partial charge in [0.2, 0.25) is 0 Å². The molecule has 0 atom stereocenters. The van der Waals surface area contributed by atoms with Crippen LogP contribution >= 0.6 is 0 Å². The fourth-order valence-corrected chi connectivity index (χ4v) is 0.637. The van der Waals surface area contributed by atoms with Crippen molar-refractivity contribution in [3.63, 3.8) is 0 Å². The zero-order valence-electron chi connectivity index (χ0n) is 5.17. The molecule has 2 N–H and O–H groups in total. The van der Waals surface area contributed by atoms with Crippen LogP contribution in [0, 0.1) is 0 Å². The number of hydrogen-bond acceptors (Lipinski definition) is 2. The highest BCUT2D eigenvalue weighted by Gasteiger charge is 2.02. The molecule has 0 spiro atoms. The van der Waals surface area contributed by atoms with Crippen molar-refractivity contribution in [3.05, 3.63) is 12.5 Å². The predicted molar refractivity (Wildman–Crippen MR) is 32.6 cm³/mol. The topological polar surface area (TPSA) is 43.8 Å². The molecule has 0 aliphatic heterocycles. The Balaban J connectivity index is 2.58. The quantitative estimate of drug-likeness (QED) is 0.670. The monoisotopic (exact) mass is 147 g/mol. The van der Waals surface area contributed by atoms with Gasteiger partial charge in [-0.3, -0.25) is 0 Å². The minimum atomic E-state index is -2.35. The Morgan fingerprint density at radius 1 is 1.70 bits per heavy atom. The Labute approximate surface area is 56.5 Å². The van der Waals surface area contributed by atoms with E-state index in [1.54, 1.807) is 0 Å². The smallest absolute Gasteiger partial charge is 0.256 e. The van der Waals surface area contributed by atoms with Gasteiger partial charge in [-0.05, 0) is 0 Å². The number of nitrogens with zero attached hydrogens (tertiary/aromatic N) is 2. The Morgan fingerprint density at radius 2 is 2.40 bits per heavy atom. The van der Waals surface area contributed by atoms with Gasteiger partial charge in [-0.1, -0.05) is 0 Å². The first-order valence-corrected chi connectivity index (χ1v) is 2.74. The van der Waals surface area contributed by atoms with Crippen molar-refractivity contribution in [2.24, 2.45) is 0 Å². The molecule has 1 heterocycles. The molecule has 0 aliphatic rings. The van der Waals surface area contributed by atoms with Crippen molar-refractivity contribution >= 4 is 5.82 Å². The summed E-state index contributed by atoms with van der Waals surface area (Å²) in [6.07, 6.45) is 0.293. The summed E-state index contributed by atoms with van der Waals surface area (Å²) in [7, 11) is 0. The summed E-state index contributed by atoms with van der Waals surface area (Å²) in [6, 6.07) is 0. The van der Waals surface area contributed by atoms with Gasteiger partial charge in [0, 0.05) is 6.20 Å². The minimum Gasteiger partial charge on any atom is -0.382 e. The number of anilines is 1. The lowest BCUT2D eigenvalue weighted by Gasteiger charge is -1.97. The molecule has 0 aliphatic carbocycles. The molecule has 3 nitrogen and oxygen atoms in total. The number of rotatable bonds is 2. The lowest BCUT2D eigenvalue weighted by atomic mass is 10.6. The van der Waals surface area contributed by atoms with Gasteiger partial charge in [0.1, 0.15) is 5.82 Å². The van der Waals surface area contributed by atoms with Crippen LogP contribution in [0.4, 0.5) is 14.6 Å². The van der Waals surface area contributed by atoms with Gasteiger partial charge in [-0.25, -0.2) is 13.8 Å². The third kappa shape index (κ3) is 1.68. The third-order valence-corrected chi connectivity index (χ3v) is 1.00. The van der Waals surface area contributed by atoms with Crippen molar-refractivity contribution in [2.45, 2.75) is 13.0 Å². The predicted octanol–water partition coefficient (Wildman–Crippen LogP) is 0.730. The summed E-state index contributed by atoms with van der Waals surface area (Å²) in [4.78, 5) is 3.58. The van der Waals surface area contributed by atoms with E-state index in [1.807, 2.05) is 0 Å². The van der Waals surface area contributed by atoms with Gasteiger partial charge in [-0.2, -0.15) is 0 Å². The lowest BCUT2D eigenvalue weighted by molar-refractivity contribution is 0.126. The maximum Gasteiger partial charge on any atom is 0.256 e. The molecule has 0 aromatic carbocycles. The third-order valence-electron chi connectivity index (χ3n) is 1.00. The Kier molecular flexibility index (Phi) is 1.84. The molecular weight excluding hydrogens is 140 g/mol. The van der Waals surface area contributed by atoms with Crippen LogP contribution in [0.2, 0.25) is 0 Å². The number of alkyl halides is 2. The molecule has 0 bridgehead atoms. The van der Waals surface area contributed by atoms with Gasteiger partial charge in [0.15, 0.2) is 0 Å². The number of imidazole rings is 1. The van der Waals surface area contributed by atoms with E-state index < -0.39 is 6.43 Å². The van der Waals surface area contributed by atoms with E-state index >= 15 is 0 Å². The van der Waals surface area contributed by atoms with Crippen molar-refractivity contribution in [2.75, 3.05) is 5.73 Å². The number of nitrogen functional groups attached to an aromatic ring is 1. The van der Waals surface area contributed by atoms with Crippen molar-refractivity contribution in [3.8, 4) is 0 Å². The SMILES string of the molecule is Nc1cn(CC(F)F)cn1. The molecule has 10 heavy (non-hydrogen) atoms. The normalized spacial score (nSPS) is 10.7. The molecule has 1 aromatic heterocycles. The highest BCUT2D eigenvalue weighted by Crippen LogP contribution is 2.01. The maximum absolute atomic E-state index is 11.6. The van der Waals surface area contributed by atoms with Gasteiger partial charge >= 0.3 is 0 Å². The lowest BCUT2D eigenvalue weighted by Crippen LogP contribution is -2.03. The zero-order valence-corrected chi connectivity index (χ0v) is 5.17. The molecule has 0 unspecified atom stereocenters. The molecule has 0 saturated heterocycles. The van der Waals surface area contributed by atoms with Gasteiger partial charge in [0.05, 0.1) is 12.9 Å². The summed E-state index contributed by atoms with van der Waals surface area (Å²) in [5.41, 5.74) is 5.18. The second-order valence-corrected chi connectivity index (χ2v) is 1.89. The number of halogens is 2. The summed E-state index contributed by atoms with van der Waals surface area (Å²) in [5, 5.41) is 0. The highest BCUT2D eigenvalue weighted by atomic mass is 19.3. The summed E-state index contributed by atoms with van der Waals surface area (Å²) >= 11 is 0.